The topological polar surface area (TPSA) is 84.6 Å². The van der Waals surface area contributed by atoms with E-state index >= 15 is 0 Å². The molecular weight excluding hydrogens is 618 g/mol. The highest BCUT2D eigenvalue weighted by atomic mass is 79.9. The van der Waals surface area contributed by atoms with E-state index in [2.05, 4.69) is 15.9 Å². The third kappa shape index (κ3) is 6.39. The third-order valence-electron chi connectivity index (χ3n) is 6.12. The highest BCUT2D eigenvalue weighted by Crippen LogP contribution is 2.41. The van der Waals surface area contributed by atoms with E-state index in [4.69, 9.17) is 19.3 Å². The van der Waals surface area contributed by atoms with Gasteiger partial charge in [-0.25, -0.2) is 14.2 Å². The molecule has 0 fully saturated rings. The maximum atomic E-state index is 13.8. The minimum atomic E-state index is -0.733. The van der Waals surface area contributed by atoms with Crippen molar-refractivity contribution in [1.82, 2.24) is 14.3 Å². The molecule has 0 radical (unpaired) electrons. The Balaban J connectivity index is 1.74. The molecule has 0 spiro atoms. The van der Waals surface area contributed by atoms with E-state index in [0.717, 1.165) is 32.3 Å². The predicted molar refractivity (Wildman–Crippen MR) is 171 cm³/mol. The Labute approximate surface area is 257 Å². The summed E-state index contributed by atoms with van der Waals surface area (Å²) in [6.45, 7) is 11.5. The van der Waals surface area contributed by atoms with E-state index in [1.54, 1.807) is 0 Å². The van der Waals surface area contributed by atoms with Crippen molar-refractivity contribution in [2.75, 3.05) is 11.9 Å². The number of rotatable bonds is 6. The summed E-state index contributed by atoms with van der Waals surface area (Å²) in [7, 11) is 0. The number of nitrogens with zero attached hydrogens (tertiary/aromatic N) is 3. The number of halogens is 1. The number of benzene rings is 2. The molecule has 3 heterocycles. The van der Waals surface area contributed by atoms with Gasteiger partial charge >= 0.3 is 12.2 Å². The normalized spacial score (nSPS) is 12.2. The van der Waals surface area contributed by atoms with Gasteiger partial charge in [-0.3, -0.25) is 0 Å². The summed E-state index contributed by atoms with van der Waals surface area (Å²) in [6, 6.07) is 19.4. The van der Waals surface area contributed by atoms with Crippen molar-refractivity contribution in [2.45, 2.75) is 59.2 Å². The van der Waals surface area contributed by atoms with Crippen molar-refractivity contribution in [3.63, 3.8) is 0 Å². The summed E-state index contributed by atoms with van der Waals surface area (Å²) < 4.78 is 21.0. The number of fused-ring (bicyclic) bond motifs is 2. The van der Waals surface area contributed by atoms with E-state index in [9.17, 15) is 9.59 Å². The average molecular weight is 653 g/mol. The first-order valence-electron chi connectivity index (χ1n) is 13.7. The average Bonchev–Trinajstić information content (AvgIpc) is 3.59. The molecule has 0 aliphatic rings. The molecule has 3 aromatic heterocycles. The van der Waals surface area contributed by atoms with Crippen LogP contribution in [-0.2, 0) is 9.47 Å². The van der Waals surface area contributed by atoms with Crippen LogP contribution in [0.3, 0.4) is 0 Å². The smallest absolute Gasteiger partial charge is 0.435 e. The van der Waals surface area contributed by atoms with E-state index in [1.807, 2.05) is 102 Å². The van der Waals surface area contributed by atoms with Crippen LogP contribution in [0, 0.1) is 0 Å². The number of alkyl halides is 1. The first-order valence-corrected chi connectivity index (χ1v) is 15.7. The second-order valence-corrected chi connectivity index (χ2v) is 13.7. The zero-order valence-corrected chi connectivity index (χ0v) is 27.0. The van der Waals surface area contributed by atoms with Crippen molar-refractivity contribution < 1.29 is 23.8 Å². The molecule has 0 saturated heterocycles. The summed E-state index contributed by atoms with van der Waals surface area (Å²) >= 11 is 4.93. The lowest BCUT2D eigenvalue weighted by Crippen LogP contribution is -2.28. The van der Waals surface area contributed by atoms with Gasteiger partial charge in [0.2, 0.25) is 0 Å². The molecule has 5 rings (SSSR count). The number of carbonyl (C=O) groups excluding carboxylic acids is 2. The van der Waals surface area contributed by atoms with Crippen molar-refractivity contribution in [3.05, 3.63) is 60.7 Å². The summed E-state index contributed by atoms with van der Waals surface area (Å²) in [4.78, 5) is 28.1. The van der Waals surface area contributed by atoms with Gasteiger partial charge in [-0.05, 0) is 77.8 Å². The molecule has 0 amide bonds. The first kappa shape index (κ1) is 29.8. The minimum Gasteiger partial charge on any atom is -0.493 e. The Morgan fingerprint density at radius 3 is 2.24 bits per heavy atom. The van der Waals surface area contributed by atoms with Crippen molar-refractivity contribution in [1.29, 1.82) is 0 Å². The number of thiophene rings is 1. The van der Waals surface area contributed by atoms with Gasteiger partial charge in [-0.2, -0.15) is 9.78 Å². The summed E-state index contributed by atoms with van der Waals surface area (Å²) in [5, 5.41) is 6.38. The minimum absolute atomic E-state index is 0.479. The Hall–Kier alpha value is -3.63. The van der Waals surface area contributed by atoms with Gasteiger partial charge in [-0.1, -0.05) is 46.3 Å². The summed E-state index contributed by atoms with van der Waals surface area (Å²) in [5.41, 5.74) is 1.77. The molecule has 5 aromatic rings. The fraction of sp³-hybridized carbons (Fsp3) is 0.344. The zero-order chi connectivity index (χ0) is 30.2. The Bertz CT molecular complexity index is 1760. The molecule has 0 bridgehead atoms. The second kappa shape index (κ2) is 11.6. The molecular formula is C32H34BrN3O5S. The molecule has 10 heteroatoms. The number of hydrogen-bond donors (Lipinski definition) is 0. The molecule has 2 aromatic carbocycles. The predicted octanol–water partition coefficient (Wildman–Crippen LogP) is 9.12. The van der Waals surface area contributed by atoms with Crippen LogP contribution in [0.15, 0.2) is 60.7 Å². The summed E-state index contributed by atoms with van der Waals surface area (Å²) in [6.07, 6.45) is -0.304. The Kier molecular flexibility index (Phi) is 8.22. The van der Waals surface area contributed by atoms with Crippen LogP contribution in [0.2, 0.25) is 0 Å². The van der Waals surface area contributed by atoms with Crippen LogP contribution in [0.25, 0.3) is 42.9 Å². The number of hydrogen-bond acceptors (Lipinski definition) is 7. The highest BCUT2D eigenvalue weighted by Gasteiger charge is 2.29. The third-order valence-corrected chi connectivity index (χ3v) is 7.86. The van der Waals surface area contributed by atoms with Crippen LogP contribution in [0.4, 0.5) is 9.59 Å². The molecule has 0 N–H and O–H groups in total. The molecule has 8 nitrogen and oxygen atoms in total. The molecule has 0 unspecified atom stereocenters. The van der Waals surface area contributed by atoms with Crippen LogP contribution in [0.5, 0.6) is 5.75 Å². The van der Waals surface area contributed by atoms with Crippen LogP contribution in [0.1, 0.15) is 48.0 Å². The first-order chi connectivity index (χ1) is 19.8. The lowest BCUT2D eigenvalue weighted by Gasteiger charge is -2.21. The fourth-order valence-electron chi connectivity index (χ4n) is 4.46. The Morgan fingerprint density at radius 2 is 1.57 bits per heavy atom. The van der Waals surface area contributed by atoms with Crippen molar-refractivity contribution >= 4 is 60.6 Å². The fourth-order valence-corrected chi connectivity index (χ4v) is 5.82. The lowest BCUT2D eigenvalue weighted by atomic mass is 10.2. The maximum Gasteiger partial charge on any atom is 0.435 e. The van der Waals surface area contributed by atoms with Gasteiger partial charge in [0.25, 0.3) is 0 Å². The van der Waals surface area contributed by atoms with E-state index in [1.165, 1.54) is 20.6 Å². The van der Waals surface area contributed by atoms with Gasteiger partial charge in [0.1, 0.15) is 22.6 Å². The summed E-state index contributed by atoms with van der Waals surface area (Å²) in [5.74, 6) is 0.643. The Morgan fingerprint density at radius 1 is 0.881 bits per heavy atom. The van der Waals surface area contributed by atoms with Crippen LogP contribution >= 0.6 is 27.3 Å². The van der Waals surface area contributed by atoms with Crippen LogP contribution < -0.4 is 4.74 Å². The quantitative estimate of drug-likeness (QED) is 0.134. The van der Waals surface area contributed by atoms with Gasteiger partial charge in [0.15, 0.2) is 0 Å². The number of carbonyl (C=O) groups is 2. The molecule has 0 aliphatic heterocycles. The van der Waals surface area contributed by atoms with Crippen LogP contribution in [-0.4, -0.2) is 49.7 Å². The molecule has 220 valence electrons. The van der Waals surface area contributed by atoms with Crippen molar-refractivity contribution in [3.8, 4) is 27.6 Å². The van der Waals surface area contributed by atoms with Gasteiger partial charge < -0.3 is 14.2 Å². The molecule has 0 saturated carbocycles. The molecule has 0 aliphatic carbocycles. The SMILES string of the molecule is CC(C)(C)OC(=O)n1nc(-c2cc3ccc(OCCCBr)cc3n2C(=O)OC(C)(C)C)c2sc(-c3ccccc3)cc21. The highest BCUT2D eigenvalue weighted by molar-refractivity contribution is 9.09. The lowest BCUT2D eigenvalue weighted by molar-refractivity contribution is 0.0520. The molecule has 0 atom stereocenters. The van der Waals surface area contributed by atoms with Gasteiger partial charge in [0, 0.05) is 21.7 Å². The van der Waals surface area contributed by atoms with Gasteiger partial charge in [-0.15, -0.1) is 11.3 Å². The molecule has 42 heavy (non-hydrogen) atoms. The van der Waals surface area contributed by atoms with Crippen molar-refractivity contribution in [2.24, 2.45) is 0 Å². The number of ether oxygens (including phenoxy) is 3. The maximum absolute atomic E-state index is 13.8. The standard InChI is InChI=1S/C32H34BrN3O5S/c1-31(2,3)40-29(37)35-23-18-22(39-16-10-15-33)14-13-21(23)17-24(35)27-28-25(36(34-27)30(38)41-32(4,5)6)19-26(42-28)20-11-8-7-9-12-20/h7-9,11-14,17-19H,10,15-16H2,1-6H3. The van der Waals surface area contributed by atoms with Gasteiger partial charge in [0.05, 0.1) is 28.0 Å². The van der Waals surface area contributed by atoms with E-state index in [0.29, 0.717) is 34.8 Å². The number of aromatic nitrogens is 3. The van der Waals surface area contributed by atoms with E-state index < -0.39 is 23.4 Å². The van der Waals surface area contributed by atoms with E-state index in [-0.39, 0.29) is 0 Å². The second-order valence-electron chi connectivity index (χ2n) is 11.9. The zero-order valence-electron chi connectivity index (χ0n) is 24.6. The monoisotopic (exact) mass is 651 g/mol. The largest absolute Gasteiger partial charge is 0.493 e.